The second-order valence-electron chi connectivity index (χ2n) is 9.35. The molecule has 1 aromatic carbocycles. The van der Waals surface area contributed by atoms with Crippen LogP contribution in [-0.4, -0.2) is 59.5 Å². The van der Waals surface area contributed by atoms with Crippen LogP contribution >= 0.6 is 0 Å². The molecular weight excluding hydrogens is 434 g/mol. The smallest absolute Gasteiger partial charge is 0.410 e. The molecule has 3 atom stereocenters. The maximum Gasteiger partial charge on any atom is 0.410 e. The number of ether oxygens (including phenoxy) is 1. The van der Waals surface area contributed by atoms with Gasteiger partial charge >= 0.3 is 6.09 Å². The molecule has 1 aromatic rings. The summed E-state index contributed by atoms with van der Waals surface area (Å²) in [4.78, 5) is 39.5. The lowest BCUT2D eigenvalue weighted by molar-refractivity contribution is -0.425. The highest BCUT2D eigenvalue weighted by atomic mass is 16.6. The fourth-order valence-electron chi connectivity index (χ4n) is 4.46. The molecule has 2 amide bonds. The van der Waals surface area contributed by atoms with Crippen LogP contribution < -0.4 is 10.8 Å². The minimum Gasteiger partial charge on any atom is -0.548 e. The van der Waals surface area contributed by atoms with Crippen molar-refractivity contribution in [1.29, 1.82) is 0 Å². The van der Waals surface area contributed by atoms with Crippen LogP contribution in [0.15, 0.2) is 30.3 Å². The van der Waals surface area contributed by atoms with Crippen molar-refractivity contribution in [1.82, 2.24) is 9.80 Å². The molecule has 1 saturated heterocycles. The van der Waals surface area contributed by atoms with E-state index in [1.54, 1.807) is 6.92 Å². The van der Waals surface area contributed by atoms with Gasteiger partial charge < -0.3 is 25.3 Å². The van der Waals surface area contributed by atoms with E-state index in [4.69, 9.17) is 6.11 Å². The molecule has 1 heterocycles. The second-order valence-corrected chi connectivity index (χ2v) is 9.35. The highest BCUT2D eigenvalue weighted by Crippen LogP contribution is 2.24. The summed E-state index contributed by atoms with van der Waals surface area (Å²) in [6.07, 6.45) is 7.77. The number of likely N-dealkylation sites (N-methyl/N-ethyl adjacent to an activating group) is 1. The largest absolute Gasteiger partial charge is 0.548 e. The minimum absolute atomic E-state index is 0.0307. The van der Waals surface area contributed by atoms with Crippen LogP contribution in [0.3, 0.4) is 0 Å². The summed E-state index contributed by atoms with van der Waals surface area (Å²) < 4.78 is 13.1. The molecule has 0 bridgehead atoms. The first kappa shape index (κ1) is 26.0. The summed E-state index contributed by atoms with van der Waals surface area (Å²) in [5.74, 6) is -2.02. The van der Waals surface area contributed by atoms with Crippen molar-refractivity contribution < 1.29 is 31.3 Å². The van der Waals surface area contributed by atoms with Gasteiger partial charge in [0.15, 0.2) is 0 Å². The zero-order valence-electron chi connectivity index (χ0n) is 21.6. The van der Waals surface area contributed by atoms with E-state index in [0.29, 0.717) is 25.8 Å². The van der Waals surface area contributed by atoms with Crippen molar-refractivity contribution in [2.45, 2.75) is 89.9 Å². The van der Waals surface area contributed by atoms with E-state index in [1.807, 2.05) is 37.3 Å². The minimum atomic E-state index is -1.29. The van der Waals surface area contributed by atoms with Gasteiger partial charge in [-0.05, 0) is 50.0 Å². The molecule has 0 unspecified atom stereocenters. The van der Waals surface area contributed by atoms with Crippen LogP contribution in [0.25, 0.3) is 0 Å². The van der Waals surface area contributed by atoms with Crippen molar-refractivity contribution in [3.63, 3.8) is 0 Å². The molecule has 34 heavy (non-hydrogen) atoms. The molecule has 8 heteroatoms. The standard InChI is InChI=1S/C20H28N2O5.C6H13N/c1-4-14(2)17(18(23)22-12-8-11-16(22)19(24)25)21(3)20(26)27-13-15-9-6-5-7-10-15;7-6-4-2-1-3-5-6/h5-7,9-10,14,16-17H,4,8,11-13H2,1-3H3,(H,24,25);6H,1-5,7H2/t14-,16+,17+;/m1./s1/i3D;. The molecule has 1 aliphatic carbocycles. The summed E-state index contributed by atoms with van der Waals surface area (Å²) in [6.45, 7) is 4.01. The highest BCUT2D eigenvalue weighted by Gasteiger charge is 2.39. The Morgan fingerprint density at radius 1 is 1.18 bits per heavy atom. The Labute approximate surface area is 204 Å². The molecule has 1 aliphatic heterocycles. The Kier molecular flexibility index (Phi) is 10.7. The van der Waals surface area contributed by atoms with Gasteiger partial charge in [-0.25, -0.2) is 4.79 Å². The van der Waals surface area contributed by atoms with Gasteiger partial charge in [-0.15, -0.1) is 0 Å². The first-order valence-corrected chi connectivity index (χ1v) is 12.4. The lowest BCUT2D eigenvalue weighted by atomic mass is 9.96. The first-order valence-electron chi connectivity index (χ1n) is 13.1. The predicted octanol–water partition coefficient (Wildman–Crippen LogP) is 1.97. The first-order chi connectivity index (χ1) is 16.8. The fourth-order valence-corrected chi connectivity index (χ4v) is 4.46. The van der Waals surface area contributed by atoms with Gasteiger partial charge in [0.1, 0.15) is 12.6 Å². The summed E-state index contributed by atoms with van der Waals surface area (Å²) in [5.41, 5.74) is 4.79. The molecule has 2 aliphatic rings. The summed E-state index contributed by atoms with van der Waals surface area (Å²) in [6, 6.07) is 7.96. The van der Waals surface area contributed by atoms with E-state index in [0.717, 1.165) is 16.5 Å². The molecule has 3 rings (SSSR count). The number of hydrogen-bond acceptors (Lipinski definition) is 5. The van der Waals surface area contributed by atoms with Gasteiger partial charge in [-0.1, -0.05) is 57.0 Å². The fraction of sp³-hybridized carbons (Fsp3) is 0.654. The van der Waals surface area contributed by atoms with E-state index in [1.165, 1.54) is 37.0 Å². The van der Waals surface area contributed by atoms with Gasteiger partial charge in [0.2, 0.25) is 5.91 Å². The number of likely N-dealkylation sites (tertiary alicyclic amines) is 1. The zero-order chi connectivity index (χ0) is 25.8. The quantitative estimate of drug-likeness (QED) is 0.646. The van der Waals surface area contributed by atoms with Crippen molar-refractivity contribution in [2.75, 3.05) is 13.6 Å². The lowest BCUT2D eigenvalue weighted by Crippen LogP contribution is -2.61. The molecule has 8 nitrogen and oxygen atoms in total. The van der Waals surface area contributed by atoms with E-state index in [9.17, 15) is 19.5 Å². The van der Waals surface area contributed by atoms with E-state index in [2.05, 4.69) is 5.73 Å². The molecule has 0 radical (unpaired) electrons. The number of benzene rings is 1. The number of carbonyl (C=O) groups is 3. The van der Waals surface area contributed by atoms with Crippen LogP contribution in [0.5, 0.6) is 0 Å². The molecule has 0 aromatic heterocycles. The second kappa shape index (κ2) is 13.9. The normalized spacial score (nSPS) is 20.4. The lowest BCUT2D eigenvalue weighted by Gasteiger charge is -2.36. The third-order valence-electron chi connectivity index (χ3n) is 6.74. The molecule has 190 valence electrons. The maximum atomic E-state index is 13.1. The average molecular weight is 477 g/mol. The van der Waals surface area contributed by atoms with Gasteiger partial charge in [-0.2, -0.15) is 0 Å². The topological polar surface area (TPSA) is 118 Å². The number of quaternary nitrogens is 1. The van der Waals surface area contributed by atoms with Gasteiger partial charge in [-0.3, -0.25) is 9.69 Å². The molecule has 3 N–H and O–H groups in total. The van der Waals surface area contributed by atoms with Crippen molar-refractivity contribution in [2.24, 2.45) is 5.92 Å². The summed E-state index contributed by atoms with van der Waals surface area (Å²) in [7, 11) is -0.460. The van der Waals surface area contributed by atoms with Gasteiger partial charge in [0, 0.05) is 14.9 Å². The SMILES string of the molecule is [2H]CN(C(=O)OCc1ccccc1)[C@H](C(=O)N1CCC[C@H]1C(=O)[O-])[C@H](C)CC.[NH3+]C1CCCCC1. The number of rotatable bonds is 7. The van der Waals surface area contributed by atoms with Crippen LogP contribution in [0, 0.1) is 5.92 Å². The number of amides is 2. The number of hydrogen-bond donors (Lipinski definition) is 1. The molecular formula is C26H41N3O5. The van der Waals surface area contributed by atoms with Crippen LogP contribution in [0.4, 0.5) is 4.79 Å². The Balaban J connectivity index is 0.000000527. The van der Waals surface area contributed by atoms with Crippen molar-refractivity contribution in [3.05, 3.63) is 35.9 Å². The van der Waals surface area contributed by atoms with E-state index in [-0.39, 0.29) is 12.5 Å². The Morgan fingerprint density at radius 3 is 2.38 bits per heavy atom. The number of carboxylic acid groups (broad SMARTS) is 1. The monoisotopic (exact) mass is 476 g/mol. The average Bonchev–Trinajstić information content (AvgIpc) is 3.37. The van der Waals surface area contributed by atoms with Crippen molar-refractivity contribution >= 4 is 18.0 Å². The highest BCUT2D eigenvalue weighted by molar-refractivity contribution is 5.89. The predicted molar refractivity (Wildman–Crippen MR) is 127 cm³/mol. The zero-order valence-corrected chi connectivity index (χ0v) is 20.6. The molecule has 0 spiro atoms. The number of carbonyl (C=O) groups excluding carboxylic acids is 3. The number of aliphatic carboxylic acids is 1. The number of carboxylic acids is 1. The Morgan fingerprint density at radius 2 is 1.85 bits per heavy atom. The van der Waals surface area contributed by atoms with E-state index >= 15 is 0 Å². The van der Waals surface area contributed by atoms with Crippen molar-refractivity contribution in [3.8, 4) is 0 Å². The Hall–Kier alpha value is -2.61. The molecule has 1 saturated carbocycles. The van der Waals surface area contributed by atoms with Crippen LogP contribution in [0.2, 0.25) is 0 Å². The summed E-state index contributed by atoms with van der Waals surface area (Å²) in [5, 5.41) is 11.4. The van der Waals surface area contributed by atoms with Gasteiger partial charge in [0.05, 0.1) is 18.1 Å². The maximum absolute atomic E-state index is 13.1. The van der Waals surface area contributed by atoms with Crippen LogP contribution in [0.1, 0.15) is 72.1 Å². The third-order valence-corrected chi connectivity index (χ3v) is 6.74. The van der Waals surface area contributed by atoms with E-state index < -0.39 is 37.1 Å². The Bertz CT molecular complexity index is 803. The van der Waals surface area contributed by atoms with Gasteiger partial charge in [0.25, 0.3) is 0 Å². The third kappa shape index (κ3) is 8.01. The summed E-state index contributed by atoms with van der Waals surface area (Å²) >= 11 is 0. The van der Waals surface area contributed by atoms with Crippen LogP contribution in [-0.2, 0) is 20.9 Å². The molecule has 2 fully saturated rings. The number of nitrogens with zero attached hydrogens (tertiary/aromatic N) is 2.